The molecule has 4 heteroatoms. The number of allylic oxidation sites excluding steroid dienone is 4. The minimum Gasteiger partial charge on any atom is -0.512 e. The smallest absolute Gasteiger partial charge is 0.163 e. The van der Waals surface area contributed by atoms with E-state index in [9.17, 15) is 14.7 Å². The van der Waals surface area contributed by atoms with Crippen molar-refractivity contribution < 1.29 is 19.4 Å². The Hall–Kier alpha value is -2.36. The van der Waals surface area contributed by atoms with Crippen LogP contribution in [-0.2, 0) is 9.59 Å². The summed E-state index contributed by atoms with van der Waals surface area (Å²) in [7, 11) is 0. The molecule has 0 saturated heterocycles. The molecule has 4 nitrogen and oxygen atoms in total. The standard InChI is InChI=1S/C25H26O4/c26-16-11-24(7-3-8-24)12-17(27)22(16)21-15-5-1-2-6-19(15)29-20-14-25(9-4-10-25)13-18(28)23(20)21/h1-2,5-6,21,26H,3-4,7-14H2. The van der Waals surface area contributed by atoms with Crippen molar-refractivity contribution in [3.05, 3.63) is 52.5 Å². The van der Waals surface area contributed by atoms with Crippen LogP contribution in [0.3, 0.4) is 0 Å². The molecule has 6 rings (SSSR count). The second-order valence-corrected chi connectivity index (χ2v) is 10.0. The number of rotatable bonds is 1. The number of hydrogen-bond acceptors (Lipinski definition) is 4. The van der Waals surface area contributed by atoms with E-state index in [-0.39, 0.29) is 28.2 Å². The fourth-order valence-electron chi connectivity index (χ4n) is 6.40. The molecule has 1 aromatic carbocycles. The van der Waals surface area contributed by atoms with Crippen molar-refractivity contribution in [1.29, 1.82) is 0 Å². The Bertz CT molecular complexity index is 1000. The van der Waals surface area contributed by atoms with E-state index in [1.807, 2.05) is 24.3 Å². The average molecular weight is 390 g/mol. The van der Waals surface area contributed by atoms with Crippen LogP contribution in [0.15, 0.2) is 46.9 Å². The fourth-order valence-corrected chi connectivity index (χ4v) is 6.40. The van der Waals surface area contributed by atoms with Gasteiger partial charge >= 0.3 is 0 Å². The highest BCUT2D eigenvalue weighted by atomic mass is 16.5. The molecule has 1 heterocycles. The van der Waals surface area contributed by atoms with E-state index in [4.69, 9.17) is 4.74 Å². The van der Waals surface area contributed by atoms with Crippen LogP contribution in [0.2, 0.25) is 0 Å². The van der Waals surface area contributed by atoms with Gasteiger partial charge in [0.25, 0.3) is 0 Å². The lowest BCUT2D eigenvalue weighted by molar-refractivity contribution is -0.121. The normalized spacial score (nSPS) is 29.2. The summed E-state index contributed by atoms with van der Waals surface area (Å²) in [6.45, 7) is 0. The zero-order valence-electron chi connectivity index (χ0n) is 16.6. The molecule has 1 atom stereocenters. The van der Waals surface area contributed by atoms with Crippen molar-refractivity contribution in [2.45, 2.75) is 70.1 Å². The van der Waals surface area contributed by atoms with Crippen LogP contribution in [0, 0.1) is 10.8 Å². The quantitative estimate of drug-likeness (QED) is 0.707. The first-order valence-electron chi connectivity index (χ1n) is 11.0. The largest absolute Gasteiger partial charge is 0.512 e. The molecule has 2 saturated carbocycles. The Morgan fingerprint density at radius 2 is 1.45 bits per heavy atom. The van der Waals surface area contributed by atoms with Crippen LogP contribution < -0.4 is 4.74 Å². The molecule has 4 aliphatic carbocycles. The van der Waals surface area contributed by atoms with Gasteiger partial charge in [0.15, 0.2) is 11.6 Å². The molecule has 1 aliphatic heterocycles. The molecule has 0 radical (unpaired) electrons. The Kier molecular flexibility index (Phi) is 3.52. The molecule has 0 bridgehead atoms. The molecule has 2 spiro atoms. The summed E-state index contributed by atoms with van der Waals surface area (Å²) in [5, 5.41) is 11.0. The van der Waals surface area contributed by atoms with Crippen molar-refractivity contribution in [2.75, 3.05) is 0 Å². The number of ketones is 2. The van der Waals surface area contributed by atoms with Gasteiger partial charge in [0.2, 0.25) is 0 Å². The van der Waals surface area contributed by atoms with E-state index in [0.29, 0.717) is 30.4 Å². The zero-order valence-corrected chi connectivity index (χ0v) is 16.6. The van der Waals surface area contributed by atoms with Gasteiger partial charge in [-0.1, -0.05) is 31.0 Å². The monoisotopic (exact) mass is 390 g/mol. The summed E-state index contributed by atoms with van der Waals surface area (Å²) in [5.74, 6) is 1.29. The molecule has 5 aliphatic rings. The number of carbonyl (C=O) groups is 2. The lowest BCUT2D eigenvalue weighted by Gasteiger charge is -2.48. The lowest BCUT2D eigenvalue weighted by Crippen LogP contribution is -2.42. The average Bonchev–Trinajstić information content (AvgIpc) is 2.64. The SMILES string of the molecule is O=C1CC2(CCC2)CC(O)=C1C1C2=C(CC3(CCC3)CC2=O)Oc2ccccc21. The third-order valence-electron chi connectivity index (χ3n) is 8.23. The number of carbonyl (C=O) groups excluding carboxylic acids is 2. The number of aliphatic hydroxyl groups excluding tert-OH is 1. The van der Waals surface area contributed by atoms with Gasteiger partial charge in [-0.15, -0.1) is 0 Å². The second-order valence-electron chi connectivity index (χ2n) is 10.0. The minimum absolute atomic E-state index is 0.0127. The predicted octanol–water partition coefficient (Wildman–Crippen LogP) is 5.30. The molecular formula is C25H26O4. The molecule has 0 amide bonds. The molecule has 29 heavy (non-hydrogen) atoms. The molecule has 2 fully saturated rings. The van der Waals surface area contributed by atoms with Crippen molar-refractivity contribution in [3.8, 4) is 5.75 Å². The Morgan fingerprint density at radius 3 is 2.07 bits per heavy atom. The van der Waals surface area contributed by atoms with Crippen molar-refractivity contribution in [2.24, 2.45) is 10.8 Å². The number of para-hydroxylation sites is 1. The van der Waals surface area contributed by atoms with E-state index >= 15 is 0 Å². The van der Waals surface area contributed by atoms with Crippen LogP contribution in [0.4, 0.5) is 0 Å². The number of benzene rings is 1. The highest BCUT2D eigenvalue weighted by Crippen LogP contribution is 2.59. The summed E-state index contributed by atoms with van der Waals surface area (Å²) in [5.41, 5.74) is 1.92. The maximum atomic E-state index is 13.4. The highest BCUT2D eigenvalue weighted by Gasteiger charge is 2.52. The zero-order chi connectivity index (χ0) is 19.8. The maximum absolute atomic E-state index is 13.4. The summed E-state index contributed by atoms with van der Waals surface area (Å²) >= 11 is 0. The molecular weight excluding hydrogens is 364 g/mol. The van der Waals surface area contributed by atoms with Crippen LogP contribution in [-0.4, -0.2) is 16.7 Å². The Morgan fingerprint density at radius 1 is 0.828 bits per heavy atom. The van der Waals surface area contributed by atoms with Gasteiger partial charge in [-0.3, -0.25) is 9.59 Å². The van der Waals surface area contributed by atoms with Gasteiger partial charge in [0, 0.05) is 42.4 Å². The van der Waals surface area contributed by atoms with Crippen molar-refractivity contribution in [3.63, 3.8) is 0 Å². The van der Waals surface area contributed by atoms with Crippen LogP contribution >= 0.6 is 0 Å². The minimum atomic E-state index is -0.482. The summed E-state index contributed by atoms with van der Waals surface area (Å²) in [6.07, 6.45) is 8.83. The first-order valence-corrected chi connectivity index (χ1v) is 11.0. The van der Waals surface area contributed by atoms with Crippen molar-refractivity contribution >= 4 is 11.6 Å². The summed E-state index contributed by atoms with van der Waals surface area (Å²) in [6, 6.07) is 7.69. The summed E-state index contributed by atoms with van der Waals surface area (Å²) in [4.78, 5) is 26.7. The summed E-state index contributed by atoms with van der Waals surface area (Å²) < 4.78 is 6.25. The van der Waals surface area contributed by atoms with E-state index in [2.05, 4.69) is 0 Å². The van der Waals surface area contributed by atoms with Gasteiger partial charge in [-0.2, -0.15) is 0 Å². The molecule has 1 aromatic rings. The maximum Gasteiger partial charge on any atom is 0.163 e. The van der Waals surface area contributed by atoms with Gasteiger partial charge in [0.05, 0.1) is 5.92 Å². The third kappa shape index (κ3) is 2.44. The Labute approximate surface area is 170 Å². The van der Waals surface area contributed by atoms with Crippen LogP contribution in [0.5, 0.6) is 5.75 Å². The number of Topliss-reactive ketones (excluding diaryl/α,β-unsaturated/α-hetero) is 2. The van der Waals surface area contributed by atoms with Crippen LogP contribution in [0.1, 0.15) is 75.7 Å². The number of ether oxygens (including phenoxy) is 1. The first kappa shape index (κ1) is 17.5. The molecule has 1 N–H and O–H groups in total. The van der Waals surface area contributed by atoms with E-state index in [0.717, 1.165) is 55.6 Å². The van der Waals surface area contributed by atoms with Crippen LogP contribution in [0.25, 0.3) is 0 Å². The Balaban J connectivity index is 1.50. The lowest BCUT2D eigenvalue weighted by atomic mass is 9.57. The van der Waals surface area contributed by atoms with Gasteiger partial charge in [-0.05, 0) is 42.6 Å². The topological polar surface area (TPSA) is 63.6 Å². The number of aliphatic hydroxyl groups is 1. The predicted molar refractivity (Wildman–Crippen MR) is 108 cm³/mol. The van der Waals surface area contributed by atoms with Gasteiger partial charge < -0.3 is 9.84 Å². The third-order valence-corrected chi connectivity index (χ3v) is 8.23. The molecule has 150 valence electrons. The van der Waals surface area contributed by atoms with Gasteiger partial charge in [0.1, 0.15) is 17.3 Å². The molecule has 1 unspecified atom stereocenters. The van der Waals surface area contributed by atoms with Crippen molar-refractivity contribution in [1.82, 2.24) is 0 Å². The molecule has 0 aromatic heterocycles. The first-order chi connectivity index (χ1) is 14.0. The fraction of sp³-hybridized carbons (Fsp3) is 0.520. The van der Waals surface area contributed by atoms with Gasteiger partial charge in [-0.25, -0.2) is 0 Å². The van der Waals surface area contributed by atoms with E-state index < -0.39 is 5.92 Å². The highest BCUT2D eigenvalue weighted by molar-refractivity contribution is 6.06. The second kappa shape index (κ2) is 5.84. The van der Waals surface area contributed by atoms with E-state index in [1.165, 1.54) is 6.42 Å². The van der Waals surface area contributed by atoms with E-state index in [1.54, 1.807) is 0 Å². The number of fused-ring (bicyclic) bond motifs is 1. The number of hydrogen-bond donors (Lipinski definition) is 1.